The molecule has 3 aromatic rings. The van der Waals surface area contributed by atoms with Gasteiger partial charge in [0.05, 0.1) is 6.42 Å². The lowest BCUT2D eigenvalue weighted by Gasteiger charge is -2.07. The van der Waals surface area contributed by atoms with Crippen LogP contribution in [0, 0.1) is 0 Å². The van der Waals surface area contributed by atoms with E-state index < -0.39 is 0 Å². The fourth-order valence-electron chi connectivity index (χ4n) is 3.48. The van der Waals surface area contributed by atoms with Gasteiger partial charge in [-0.1, -0.05) is 42.5 Å². The number of nitrogens with zero attached hydrogens (tertiary/aromatic N) is 1. The number of hydrogen-bond donors (Lipinski definition) is 1. The number of benzene rings is 2. The Balaban J connectivity index is 1.39. The van der Waals surface area contributed by atoms with Gasteiger partial charge in [-0.3, -0.25) is 9.78 Å². The van der Waals surface area contributed by atoms with Crippen LogP contribution >= 0.6 is 0 Å². The fraction of sp³-hybridized carbons (Fsp3) is 0.217. The summed E-state index contributed by atoms with van der Waals surface area (Å²) in [6.07, 6.45) is 8.83. The highest BCUT2D eigenvalue weighted by Gasteiger charge is 2.17. The number of fused-ring (bicyclic) bond motifs is 1. The zero-order valence-corrected chi connectivity index (χ0v) is 14.7. The zero-order chi connectivity index (χ0) is 17.8. The molecule has 1 aliphatic heterocycles. The number of carbonyl (C=O) groups is 1. The van der Waals surface area contributed by atoms with Crippen LogP contribution < -0.4 is 5.32 Å². The van der Waals surface area contributed by atoms with Gasteiger partial charge in [-0.15, -0.1) is 0 Å². The maximum Gasteiger partial charge on any atom is 0.228 e. The Morgan fingerprint density at radius 3 is 2.50 bits per heavy atom. The predicted molar refractivity (Wildman–Crippen MR) is 105 cm³/mol. The SMILES string of the molecule is O=C1Cc2ccc(-c3cncc(CCCCc4ccccc4)c3)cc2N1. The minimum Gasteiger partial charge on any atom is -0.326 e. The largest absolute Gasteiger partial charge is 0.326 e. The molecule has 1 aliphatic rings. The van der Waals surface area contributed by atoms with Gasteiger partial charge in [0.1, 0.15) is 0 Å². The Morgan fingerprint density at radius 2 is 1.65 bits per heavy atom. The summed E-state index contributed by atoms with van der Waals surface area (Å²) >= 11 is 0. The number of aryl methyl sites for hydroxylation is 2. The summed E-state index contributed by atoms with van der Waals surface area (Å²) in [4.78, 5) is 15.9. The van der Waals surface area contributed by atoms with Crippen molar-refractivity contribution >= 4 is 11.6 Å². The van der Waals surface area contributed by atoms with Crippen molar-refractivity contribution in [2.24, 2.45) is 0 Å². The van der Waals surface area contributed by atoms with Gasteiger partial charge in [0.15, 0.2) is 0 Å². The summed E-state index contributed by atoms with van der Waals surface area (Å²) in [6.45, 7) is 0. The van der Waals surface area contributed by atoms with E-state index in [0.717, 1.165) is 41.6 Å². The predicted octanol–water partition coefficient (Wildman–Crippen LogP) is 4.81. The van der Waals surface area contributed by atoms with E-state index in [1.807, 2.05) is 18.5 Å². The molecule has 0 saturated heterocycles. The number of hydrogen-bond acceptors (Lipinski definition) is 2. The maximum atomic E-state index is 11.5. The molecule has 1 N–H and O–H groups in total. The Bertz CT molecular complexity index is 919. The second-order valence-electron chi connectivity index (χ2n) is 6.87. The van der Waals surface area contributed by atoms with Crippen molar-refractivity contribution in [1.29, 1.82) is 0 Å². The third kappa shape index (κ3) is 3.83. The van der Waals surface area contributed by atoms with E-state index >= 15 is 0 Å². The van der Waals surface area contributed by atoms with Crippen LogP contribution in [0.1, 0.15) is 29.5 Å². The summed E-state index contributed by atoms with van der Waals surface area (Å²) in [5.41, 5.74) is 6.88. The molecule has 0 radical (unpaired) electrons. The monoisotopic (exact) mass is 342 g/mol. The Hall–Kier alpha value is -2.94. The number of anilines is 1. The summed E-state index contributed by atoms with van der Waals surface area (Å²) < 4.78 is 0. The first-order valence-corrected chi connectivity index (χ1v) is 9.19. The first-order valence-electron chi connectivity index (χ1n) is 9.19. The Labute approximate surface area is 154 Å². The van der Waals surface area contributed by atoms with E-state index in [2.05, 4.69) is 58.8 Å². The highest BCUT2D eigenvalue weighted by molar-refractivity contribution is 5.99. The lowest BCUT2D eigenvalue weighted by Crippen LogP contribution is -2.03. The quantitative estimate of drug-likeness (QED) is 0.653. The molecular weight excluding hydrogens is 320 g/mol. The van der Waals surface area contributed by atoms with Crippen LogP contribution in [0.3, 0.4) is 0 Å². The smallest absolute Gasteiger partial charge is 0.228 e. The van der Waals surface area contributed by atoms with E-state index in [1.54, 1.807) is 0 Å². The molecule has 2 heterocycles. The van der Waals surface area contributed by atoms with Gasteiger partial charge in [0, 0.05) is 23.6 Å². The number of pyridine rings is 1. The molecule has 1 aromatic heterocycles. The lowest BCUT2D eigenvalue weighted by atomic mass is 10.0. The van der Waals surface area contributed by atoms with Crippen LogP contribution in [0.15, 0.2) is 67.0 Å². The van der Waals surface area contributed by atoms with Gasteiger partial charge in [0.2, 0.25) is 5.91 Å². The van der Waals surface area contributed by atoms with E-state index in [1.165, 1.54) is 17.5 Å². The van der Waals surface area contributed by atoms with Gasteiger partial charge in [-0.2, -0.15) is 0 Å². The molecule has 4 rings (SSSR count). The van der Waals surface area contributed by atoms with Crippen LogP contribution in [0.5, 0.6) is 0 Å². The van der Waals surface area contributed by atoms with Crippen molar-refractivity contribution < 1.29 is 4.79 Å². The van der Waals surface area contributed by atoms with Gasteiger partial charge in [-0.05, 0) is 60.1 Å². The molecule has 0 atom stereocenters. The number of unbranched alkanes of at least 4 members (excludes halogenated alkanes) is 1. The van der Waals surface area contributed by atoms with Gasteiger partial charge in [-0.25, -0.2) is 0 Å². The van der Waals surface area contributed by atoms with Crippen LogP contribution in [-0.4, -0.2) is 10.9 Å². The van der Waals surface area contributed by atoms with Crippen molar-refractivity contribution in [2.75, 3.05) is 5.32 Å². The standard InChI is InChI=1S/C23H22N2O/c26-23-14-20-11-10-19(13-22(20)25-23)21-12-18(15-24-16-21)9-5-4-8-17-6-2-1-3-7-17/h1-3,6-7,10-13,15-16H,4-5,8-9,14H2,(H,25,26). The molecule has 0 spiro atoms. The second kappa shape index (κ2) is 7.52. The van der Waals surface area contributed by atoms with E-state index in [-0.39, 0.29) is 5.91 Å². The molecule has 3 nitrogen and oxygen atoms in total. The number of amides is 1. The molecule has 3 heteroatoms. The molecule has 0 aliphatic carbocycles. The van der Waals surface area contributed by atoms with E-state index in [4.69, 9.17) is 0 Å². The number of rotatable bonds is 6. The average molecular weight is 342 g/mol. The Kier molecular flexibility index (Phi) is 4.78. The highest BCUT2D eigenvalue weighted by atomic mass is 16.1. The third-order valence-electron chi connectivity index (χ3n) is 4.89. The molecule has 130 valence electrons. The summed E-state index contributed by atoms with van der Waals surface area (Å²) in [5, 5.41) is 2.92. The first kappa shape index (κ1) is 16.5. The molecule has 1 amide bonds. The number of aromatic nitrogens is 1. The topological polar surface area (TPSA) is 42.0 Å². The number of carbonyl (C=O) groups excluding carboxylic acids is 1. The second-order valence-corrected chi connectivity index (χ2v) is 6.87. The molecular formula is C23H22N2O. The lowest BCUT2D eigenvalue weighted by molar-refractivity contribution is -0.115. The zero-order valence-electron chi connectivity index (χ0n) is 14.7. The van der Waals surface area contributed by atoms with E-state index in [0.29, 0.717) is 6.42 Å². The van der Waals surface area contributed by atoms with Crippen molar-refractivity contribution in [3.05, 3.63) is 83.7 Å². The minimum absolute atomic E-state index is 0.0717. The normalized spacial score (nSPS) is 12.7. The molecule has 0 fully saturated rings. The maximum absolute atomic E-state index is 11.5. The molecule has 0 unspecified atom stereocenters. The van der Waals surface area contributed by atoms with Crippen LogP contribution in [0.4, 0.5) is 5.69 Å². The minimum atomic E-state index is 0.0717. The van der Waals surface area contributed by atoms with Crippen molar-refractivity contribution in [2.45, 2.75) is 32.1 Å². The molecule has 0 saturated carbocycles. The molecule has 2 aromatic carbocycles. The van der Waals surface area contributed by atoms with Crippen molar-refractivity contribution in [3.63, 3.8) is 0 Å². The molecule has 0 bridgehead atoms. The van der Waals surface area contributed by atoms with Crippen molar-refractivity contribution in [1.82, 2.24) is 4.98 Å². The van der Waals surface area contributed by atoms with Gasteiger partial charge >= 0.3 is 0 Å². The third-order valence-corrected chi connectivity index (χ3v) is 4.89. The first-order chi connectivity index (χ1) is 12.8. The van der Waals surface area contributed by atoms with Crippen molar-refractivity contribution in [3.8, 4) is 11.1 Å². The van der Waals surface area contributed by atoms with E-state index in [9.17, 15) is 4.79 Å². The summed E-state index contributed by atoms with van der Waals surface area (Å²) in [7, 11) is 0. The van der Waals surface area contributed by atoms with Gasteiger partial charge < -0.3 is 5.32 Å². The van der Waals surface area contributed by atoms with Crippen LogP contribution in [0.2, 0.25) is 0 Å². The average Bonchev–Trinajstić information content (AvgIpc) is 3.05. The van der Waals surface area contributed by atoms with Crippen LogP contribution in [-0.2, 0) is 24.1 Å². The Morgan fingerprint density at radius 1 is 0.846 bits per heavy atom. The highest BCUT2D eigenvalue weighted by Crippen LogP contribution is 2.29. The van der Waals surface area contributed by atoms with Crippen LogP contribution in [0.25, 0.3) is 11.1 Å². The molecule has 26 heavy (non-hydrogen) atoms. The van der Waals surface area contributed by atoms with Gasteiger partial charge in [0.25, 0.3) is 0 Å². The summed E-state index contributed by atoms with van der Waals surface area (Å²) in [5.74, 6) is 0.0717. The number of nitrogens with one attached hydrogen (secondary N) is 1. The fourth-order valence-corrected chi connectivity index (χ4v) is 3.48. The summed E-state index contributed by atoms with van der Waals surface area (Å²) in [6, 6.07) is 19.0.